The van der Waals surface area contributed by atoms with Crippen molar-refractivity contribution in [3.63, 3.8) is 0 Å². The highest BCUT2D eigenvalue weighted by atomic mass is 16.5. The molecular weight excluding hydrogens is 260 g/mol. The molecule has 0 aliphatic carbocycles. The van der Waals surface area contributed by atoms with E-state index in [-0.39, 0.29) is 5.54 Å². The summed E-state index contributed by atoms with van der Waals surface area (Å²) in [7, 11) is 0. The fraction of sp³-hybridized carbons (Fsp3) is 0.667. The smallest absolute Gasteiger partial charge is 0.0478 e. The summed E-state index contributed by atoms with van der Waals surface area (Å²) in [5.74, 6) is 0. The van der Waals surface area contributed by atoms with Gasteiger partial charge in [0.15, 0.2) is 0 Å². The van der Waals surface area contributed by atoms with Crippen LogP contribution in [0.5, 0.6) is 0 Å². The molecule has 0 spiro atoms. The SMILES string of the molecule is CCCOCCCN1CC(C)(C)NCC1c1ccccc1. The lowest BCUT2D eigenvalue weighted by molar-refractivity contribution is 0.0732. The minimum absolute atomic E-state index is 0.190. The molecule has 1 unspecified atom stereocenters. The highest BCUT2D eigenvalue weighted by molar-refractivity contribution is 5.20. The third kappa shape index (κ3) is 5.10. The van der Waals surface area contributed by atoms with E-state index >= 15 is 0 Å². The number of hydrogen-bond acceptors (Lipinski definition) is 3. The van der Waals surface area contributed by atoms with Gasteiger partial charge in [0.2, 0.25) is 0 Å². The summed E-state index contributed by atoms with van der Waals surface area (Å²) < 4.78 is 5.62. The van der Waals surface area contributed by atoms with Crippen molar-refractivity contribution in [2.24, 2.45) is 0 Å². The first-order valence-electron chi connectivity index (χ1n) is 8.24. The lowest BCUT2D eigenvalue weighted by Crippen LogP contribution is -2.58. The molecule has 0 aromatic heterocycles. The van der Waals surface area contributed by atoms with Gasteiger partial charge in [0.25, 0.3) is 0 Å². The molecule has 1 heterocycles. The van der Waals surface area contributed by atoms with E-state index in [1.54, 1.807) is 0 Å². The van der Waals surface area contributed by atoms with E-state index in [9.17, 15) is 0 Å². The molecule has 3 heteroatoms. The molecule has 1 saturated heterocycles. The van der Waals surface area contributed by atoms with Gasteiger partial charge in [0.05, 0.1) is 0 Å². The summed E-state index contributed by atoms with van der Waals surface area (Å²) in [6.07, 6.45) is 2.21. The molecule has 0 bridgehead atoms. The fourth-order valence-corrected chi connectivity index (χ4v) is 3.03. The monoisotopic (exact) mass is 290 g/mol. The van der Waals surface area contributed by atoms with Crippen LogP contribution in [0.3, 0.4) is 0 Å². The van der Waals surface area contributed by atoms with E-state index in [0.29, 0.717) is 6.04 Å². The topological polar surface area (TPSA) is 24.5 Å². The second-order valence-electron chi connectivity index (χ2n) is 6.63. The molecule has 1 atom stereocenters. The molecule has 1 fully saturated rings. The second kappa shape index (κ2) is 7.92. The number of hydrogen-bond donors (Lipinski definition) is 1. The molecule has 1 aliphatic heterocycles. The third-order valence-corrected chi connectivity index (χ3v) is 4.08. The molecule has 1 aromatic carbocycles. The number of ether oxygens (including phenoxy) is 1. The Bertz CT molecular complexity index is 405. The minimum atomic E-state index is 0.190. The molecule has 0 saturated carbocycles. The number of benzene rings is 1. The first-order chi connectivity index (χ1) is 10.1. The van der Waals surface area contributed by atoms with Crippen LogP contribution in [0.4, 0.5) is 0 Å². The van der Waals surface area contributed by atoms with Gasteiger partial charge in [-0.1, -0.05) is 37.3 Å². The van der Waals surface area contributed by atoms with E-state index in [2.05, 4.69) is 61.3 Å². The predicted octanol–water partition coefficient (Wildman–Crippen LogP) is 3.23. The molecule has 1 aliphatic rings. The maximum absolute atomic E-state index is 5.62. The van der Waals surface area contributed by atoms with Gasteiger partial charge in [-0.15, -0.1) is 0 Å². The molecule has 0 radical (unpaired) electrons. The van der Waals surface area contributed by atoms with Gasteiger partial charge in [0, 0.05) is 44.4 Å². The van der Waals surface area contributed by atoms with Crippen molar-refractivity contribution in [2.75, 3.05) is 32.8 Å². The van der Waals surface area contributed by atoms with Crippen LogP contribution in [0.25, 0.3) is 0 Å². The van der Waals surface area contributed by atoms with Gasteiger partial charge in [-0.05, 0) is 32.3 Å². The van der Waals surface area contributed by atoms with Crippen LogP contribution in [0.15, 0.2) is 30.3 Å². The van der Waals surface area contributed by atoms with Crippen LogP contribution in [0.2, 0.25) is 0 Å². The van der Waals surface area contributed by atoms with Gasteiger partial charge >= 0.3 is 0 Å². The van der Waals surface area contributed by atoms with Gasteiger partial charge in [0.1, 0.15) is 0 Å². The summed E-state index contributed by atoms with van der Waals surface area (Å²) >= 11 is 0. The van der Waals surface area contributed by atoms with E-state index < -0.39 is 0 Å². The molecule has 1 aromatic rings. The van der Waals surface area contributed by atoms with Gasteiger partial charge in [-0.3, -0.25) is 4.90 Å². The second-order valence-corrected chi connectivity index (χ2v) is 6.63. The van der Waals surface area contributed by atoms with E-state index in [1.807, 2.05) is 0 Å². The lowest BCUT2D eigenvalue weighted by atomic mass is 9.94. The Balaban J connectivity index is 1.94. The highest BCUT2D eigenvalue weighted by Gasteiger charge is 2.32. The molecule has 3 nitrogen and oxygen atoms in total. The summed E-state index contributed by atoms with van der Waals surface area (Å²) in [5, 5.41) is 3.67. The summed E-state index contributed by atoms with van der Waals surface area (Å²) in [4.78, 5) is 2.61. The number of nitrogens with one attached hydrogen (secondary N) is 1. The Morgan fingerprint density at radius 3 is 2.71 bits per heavy atom. The first kappa shape index (κ1) is 16.5. The van der Waals surface area contributed by atoms with Gasteiger partial charge in [-0.2, -0.15) is 0 Å². The van der Waals surface area contributed by atoms with Crippen LogP contribution in [0, 0.1) is 0 Å². The normalized spacial score (nSPS) is 22.3. The summed E-state index contributed by atoms with van der Waals surface area (Å²) in [6, 6.07) is 11.3. The number of rotatable bonds is 7. The number of piperazine rings is 1. The Hall–Kier alpha value is -0.900. The highest BCUT2D eigenvalue weighted by Crippen LogP contribution is 2.26. The van der Waals surface area contributed by atoms with Crippen LogP contribution in [0.1, 0.15) is 45.2 Å². The van der Waals surface area contributed by atoms with Crippen molar-refractivity contribution in [1.82, 2.24) is 10.2 Å². The number of nitrogens with zero attached hydrogens (tertiary/aromatic N) is 1. The van der Waals surface area contributed by atoms with Crippen molar-refractivity contribution in [3.05, 3.63) is 35.9 Å². The quantitative estimate of drug-likeness (QED) is 0.780. The third-order valence-electron chi connectivity index (χ3n) is 4.08. The lowest BCUT2D eigenvalue weighted by Gasteiger charge is -2.45. The molecule has 118 valence electrons. The Labute approximate surface area is 129 Å². The van der Waals surface area contributed by atoms with E-state index in [4.69, 9.17) is 4.74 Å². The van der Waals surface area contributed by atoms with Crippen LogP contribution < -0.4 is 5.32 Å². The summed E-state index contributed by atoms with van der Waals surface area (Å²) in [6.45, 7) is 11.7. The Morgan fingerprint density at radius 2 is 2.00 bits per heavy atom. The Morgan fingerprint density at radius 1 is 1.24 bits per heavy atom. The van der Waals surface area contributed by atoms with Crippen LogP contribution in [-0.4, -0.2) is 43.3 Å². The van der Waals surface area contributed by atoms with Gasteiger partial charge < -0.3 is 10.1 Å². The zero-order valence-electron chi connectivity index (χ0n) is 13.8. The van der Waals surface area contributed by atoms with Crippen molar-refractivity contribution < 1.29 is 4.74 Å². The molecule has 2 rings (SSSR count). The average molecular weight is 290 g/mol. The first-order valence-corrected chi connectivity index (χ1v) is 8.24. The van der Waals surface area contributed by atoms with E-state index in [1.165, 1.54) is 5.56 Å². The van der Waals surface area contributed by atoms with Crippen molar-refractivity contribution in [1.29, 1.82) is 0 Å². The molecule has 0 amide bonds. The maximum atomic E-state index is 5.62. The van der Waals surface area contributed by atoms with Crippen molar-refractivity contribution in [3.8, 4) is 0 Å². The molecule has 1 N–H and O–H groups in total. The fourth-order valence-electron chi connectivity index (χ4n) is 3.03. The minimum Gasteiger partial charge on any atom is -0.381 e. The average Bonchev–Trinajstić information content (AvgIpc) is 2.47. The zero-order chi connectivity index (χ0) is 15.1. The molecular formula is C18H30N2O. The van der Waals surface area contributed by atoms with Crippen LogP contribution >= 0.6 is 0 Å². The van der Waals surface area contributed by atoms with Crippen LogP contribution in [-0.2, 0) is 4.74 Å². The van der Waals surface area contributed by atoms with E-state index in [0.717, 1.165) is 45.7 Å². The van der Waals surface area contributed by atoms with Gasteiger partial charge in [-0.25, -0.2) is 0 Å². The predicted molar refractivity (Wildman–Crippen MR) is 88.6 cm³/mol. The van der Waals surface area contributed by atoms with Crippen molar-refractivity contribution in [2.45, 2.75) is 45.2 Å². The summed E-state index contributed by atoms with van der Waals surface area (Å²) in [5.41, 5.74) is 1.60. The standard InChI is InChI=1S/C18H30N2O/c1-4-12-21-13-8-11-20-15-18(2,3)19-14-17(20)16-9-6-5-7-10-16/h5-7,9-10,17,19H,4,8,11-15H2,1-3H3. The zero-order valence-corrected chi connectivity index (χ0v) is 13.8. The largest absolute Gasteiger partial charge is 0.381 e. The van der Waals surface area contributed by atoms with Crippen molar-refractivity contribution >= 4 is 0 Å². The maximum Gasteiger partial charge on any atom is 0.0478 e. The molecule has 21 heavy (non-hydrogen) atoms. The Kier molecular flexibility index (Phi) is 6.22.